The average Bonchev–Trinajstić information content (AvgIpc) is 2.52. The van der Waals surface area contributed by atoms with E-state index in [4.69, 9.17) is 0 Å². The summed E-state index contributed by atoms with van der Waals surface area (Å²) in [6, 6.07) is 1.40. The highest BCUT2D eigenvalue weighted by molar-refractivity contribution is 7.90. The van der Waals surface area contributed by atoms with Crippen molar-refractivity contribution in [3.05, 3.63) is 39.3 Å². The highest BCUT2D eigenvalue weighted by Gasteiger charge is 2.33. The largest absolute Gasteiger partial charge is 0.360 e. The lowest BCUT2D eigenvalue weighted by molar-refractivity contribution is -0.393. The number of carbonyl (C=O) groups excluding carboxylic acids is 1. The summed E-state index contributed by atoms with van der Waals surface area (Å²) in [5.74, 6) is -1.17. The molecule has 0 saturated heterocycles. The van der Waals surface area contributed by atoms with E-state index >= 15 is 0 Å². The number of nitro benzene ring substituents is 2. The Bertz CT molecular complexity index is 782. The van der Waals surface area contributed by atoms with Crippen molar-refractivity contribution in [1.29, 1.82) is 0 Å². The molecule has 0 atom stereocenters. The summed E-state index contributed by atoms with van der Waals surface area (Å²) in [6.45, 7) is 7.10. The molecule has 11 nitrogen and oxygen atoms in total. The number of nitro groups is 2. The minimum Gasteiger partial charge on any atom is -0.360 e. The Labute approximate surface area is 150 Å². The van der Waals surface area contributed by atoms with Gasteiger partial charge in [-0.3, -0.25) is 25.0 Å². The summed E-state index contributed by atoms with van der Waals surface area (Å²) in [5, 5.41) is 22.9. The van der Waals surface area contributed by atoms with Gasteiger partial charge in [0, 0.05) is 32.1 Å². The van der Waals surface area contributed by atoms with Crippen LogP contribution in [0.25, 0.3) is 0 Å². The van der Waals surface area contributed by atoms with E-state index in [1.807, 2.05) is 13.8 Å². The first kappa shape index (κ1) is 21.3. The highest BCUT2D eigenvalue weighted by Crippen LogP contribution is 2.40. The topological polar surface area (TPSA) is 153 Å². The van der Waals surface area contributed by atoms with Crippen LogP contribution in [0.15, 0.2) is 17.0 Å². The normalized spacial score (nSPS) is 11.0. The van der Waals surface area contributed by atoms with E-state index < -0.39 is 42.0 Å². The maximum absolute atomic E-state index is 12.1. The van der Waals surface area contributed by atoms with Crippen molar-refractivity contribution >= 4 is 33.0 Å². The molecule has 0 aliphatic heterocycles. The number of carbonyl (C=O) groups is 1. The number of amides is 1. The third kappa shape index (κ3) is 4.88. The molecule has 0 bridgehead atoms. The number of sulfonamides is 1. The van der Waals surface area contributed by atoms with Crippen molar-refractivity contribution < 1.29 is 23.1 Å². The molecule has 0 aliphatic carbocycles. The van der Waals surface area contributed by atoms with E-state index in [-0.39, 0.29) is 5.69 Å². The fourth-order valence-electron chi connectivity index (χ4n) is 2.42. The minimum absolute atomic E-state index is 0.261. The van der Waals surface area contributed by atoms with Crippen molar-refractivity contribution in [1.82, 2.24) is 4.72 Å². The quantitative estimate of drug-likeness (QED) is 0.497. The SMILES string of the molecule is [CH2]C(=O)NS(=O)(=O)c1cc([N+](=O)[O-])c(N(CCC)CCC)c([N+](=O)[O-])c1. The molecule has 0 aliphatic rings. The zero-order valence-corrected chi connectivity index (χ0v) is 15.1. The summed E-state index contributed by atoms with van der Waals surface area (Å²) in [6.07, 6.45) is 1.15. The summed E-state index contributed by atoms with van der Waals surface area (Å²) in [5.41, 5.74) is -1.71. The van der Waals surface area contributed by atoms with Crippen molar-refractivity contribution in [2.45, 2.75) is 31.6 Å². The lowest BCUT2D eigenvalue weighted by atomic mass is 10.2. The zero-order valence-electron chi connectivity index (χ0n) is 14.3. The number of anilines is 1. The van der Waals surface area contributed by atoms with E-state index in [9.17, 15) is 33.4 Å². The lowest BCUT2D eigenvalue weighted by Crippen LogP contribution is -2.29. The predicted molar refractivity (Wildman–Crippen MR) is 93.2 cm³/mol. The molecule has 0 saturated carbocycles. The molecule has 143 valence electrons. The van der Waals surface area contributed by atoms with Gasteiger partial charge in [0.05, 0.1) is 9.85 Å². The fraction of sp³-hybridized carbons (Fsp3) is 0.429. The second kappa shape index (κ2) is 8.56. The molecule has 1 rings (SSSR count). The monoisotopic (exact) mass is 387 g/mol. The fourth-order valence-corrected chi connectivity index (χ4v) is 3.37. The number of hydrogen-bond donors (Lipinski definition) is 1. The molecule has 0 spiro atoms. The summed E-state index contributed by atoms with van der Waals surface area (Å²) < 4.78 is 25.7. The summed E-state index contributed by atoms with van der Waals surface area (Å²) in [7, 11) is -4.53. The van der Waals surface area contributed by atoms with Gasteiger partial charge in [0.25, 0.3) is 10.0 Å². The lowest BCUT2D eigenvalue weighted by Gasteiger charge is -2.23. The third-order valence-corrected chi connectivity index (χ3v) is 4.65. The first-order valence-corrected chi connectivity index (χ1v) is 9.13. The van der Waals surface area contributed by atoms with Crippen LogP contribution in [0.1, 0.15) is 26.7 Å². The molecule has 1 amide bonds. The molecule has 12 heteroatoms. The van der Waals surface area contributed by atoms with Gasteiger partial charge in [0.2, 0.25) is 5.91 Å². The summed E-state index contributed by atoms with van der Waals surface area (Å²) in [4.78, 5) is 32.8. The first-order valence-electron chi connectivity index (χ1n) is 7.65. The maximum atomic E-state index is 12.1. The minimum atomic E-state index is -4.53. The molecular formula is C14H19N4O7S. The number of benzene rings is 1. The van der Waals surface area contributed by atoms with Gasteiger partial charge in [-0.05, 0) is 12.8 Å². The molecule has 1 aromatic carbocycles. The van der Waals surface area contributed by atoms with Gasteiger partial charge in [-0.2, -0.15) is 0 Å². The van der Waals surface area contributed by atoms with Gasteiger partial charge < -0.3 is 4.90 Å². The van der Waals surface area contributed by atoms with Gasteiger partial charge in [0.1, 0.15) is 4.90 Å². The van der Waals surface area contributed by atoms with Gasteiger partial charge >= 0.3 is 11.4 Å². The second-order valence-corrected chi connectivity index (χ2v) is 7.02. The van der Waals surface area contributed by atoms with E-state index in [2.05, 4.69) is 6.92 Å². The number of hydrogen-bond acceptors (Lipinski definition) is 8. The van der Waals surface area contributed by atoms with Crippen LogP contribution in [0.3, 0.4) is 0 Å². The third-order valence-electron chi connectivity index (χ3n) is 3.30. The average molecular weight is 387 g/mol. The molecule has 0 heterocycles. The van der Waals surface area contributed by atoms with Crippen molar-refractivity contribution in [2.24, 2.45) is 0 Å². The number of nitrogens with zero attached hydrogens (tertiary/aromatic N) is 3. The number of rotatable bonds is 9. The van der Waals surface area contributed by atoms with E-state index in [1.54, 1.807) is 0 Å². The first-order chi connectivity index (χ1) is 12.0. The molecule has 26 heavy (non-hydrogen) atoms. The van der Waals surface area contributed by atoms with Gasteiger partial charge in [-0.25, -0.2) is 13.1 Å². The Kier molecular flexibility index (Phi) is 7.01. The molecule has 1 aromatic rings. The van der Waals surface area contributed by atoms with Crippen LogP contribution >= 0.6 is 0 Å². The van der Waals surface area contributed by atoms with Crippen LogP contribution < -0.4 is 9.62 Å². The Morgan fingerprint density at radius 3 is 1.85 bits per heavy atom. The molecule has 0 fully saturated rings. The summed E-state index contributed by atoms with van der Waals surface area (Å²) >= 11 is 0. The van der Waals surface area contributed by atoms with Crippen molar-refractivity contribution in [3.8, 4) is 0 Å². The van der Waals surface area contributed by atoms with Crippen LogP contribution in [0.2, 0.25) is 0 Å². The molecular weight excluding hydrogens is 368 g/mol. The van der Waals surface area contributed by atoms with Crippen LogP contribution in [0.4, 0.5) is 17.1 Å². The molecule has 0 unspecified atom stereocenters. The van der Waals surface area contributed by atoms with Gasteiger partial charge in [0.15, 0.2) is 5.69 Å². The molecule has 0 aromatic heterocycles. The van der Waals surface area contributed by atoms with Crippen LogP contribution in [-0.2, 0) is 14.8 Å². The number of nitrogens with one attached hydrogen (secondary N) is 1. The standard InChI is InChI=1S/C14H19N4O7S/c1-4-6-16(7-5-2)14-12(17(20)21)8-11(9-13(14)18(22)23)26(24,25)15-10(3)19/h8-9H,3-7H2,1-2H3,(H,15,19). The second-order valence-electron chi connectivity index (χ2n) is 5.34. The Morgan fingerprint density at radius 1 is 1.12 bits per heavy atom. The highest BCUT2D eigenvalue weighted by atomic mass is 32.2. The maximum Gasteiger partial charge on any atom is 0.301 e. The Morgan fingerprint density at radius 2 is 1.54 bits per heavy atom. The van der Waals surface area contributed by atoms with Crippen LogP contribution in [-0.4, -0.2) is 37.3 Å². The van der Waals surface area contributed by atoms with Gasteiger partial charge in [-0.1, -0.05) is 13.8 Å². The van der Waals surface area contributed by atoms with Crippen molar-refractivity contribution in [2.75, 3.05) is 18.0 Å². The van der Waals surface area contributed by atoms with Crippen LogP contribution in [0, 0.1) is 27.2 Å². The Balaban J connectivity index is 3.78. The Hall–Kier alpha value is -2.76. The van der Waals surface area contributed by atoms with Crippen LogP contribution in [0.5, 0.6) is 0 Å². The molecule has 1 N–H and O–H groups in total. The van der Waals surface area contributed by atoms with Crippen molar-refractivity contribution in [3.63, 3.8) is 0 Å². The van der Waals surface area contributed by atoms with E-state index in [0.717, 1.165) is 0 Å². The van der Waals surface area contributed by atoms with Gasteiger partial charge in [-0.15, -0.1) is 0 Å². The predicted octanol–water partition coefficient (Wildman–Crippen LogP) is 1.77. The smallest absolute Gasteiger partial charge is 0.301 e. The molecule has 1 radical (unpaired) electrons. The van der Waals surface area contributed by atoms with E-state index in [1.165, 1.54) is 9.62 Å². The zero-order chi connectivity index (χ0) is 20.1. The van der Waals surface area contributed by atoms with E-state index in [0.29, 0.717) is 38.1 Å².